The third-order valence-electron chi connectivity index (χ3n) is 4.38. The Morgan fingerprint density at radius 1 is 1.19 bits per heavy atom. The molecule has 3 rings (SSSR count). The first kappa shape index (κ1) is 19.5. The van der Waals surface area contributed by atoms with Crippen molar-refractivity contribution in [1.29, 1.82) is 0 Å². The lowest BCUT2D eigenvalue weighted by Crippen LogP contribution is -2.40. The van der Waals surface area contributed by atoms with Crippen LogP contribution in [0, 0.1) is 5.82 Å². The highest BCUT2D eigenvalue weighted by molar-refractivity contribution is 7.89. The highest BCUT2D eigenvalue weighted by Crippen LogP contribution is 2.21. The van der Waals surface area contributed by atoms with E-state index in [-0.39, 0.29) is 23.5 Å². The molecule has 0 aromatic heterocycles. The topological polar surface area (TPSA) is 75.7 Å². The number of nitrogens with zero attached hydrogens (tertiary/aromatic N) is 1. The SMILES string of the molecule is CCc1cccc(NC(=O)c2cc(S(=O)(=O)N3CCOCC3)ccc2F)c1. The number of amides is 1. The van der Waals surface area contributed by atoms with Crippen LogP contribution in [0.3, 0.4) is 0 Å². The van der Waals surface area contributed by atoms with Gasteiger partial charge in [0.2, 0.25) is 10.0 Å². The molecule has 1 amide bonds. The molecule has 1 aliphatic rings. The van der Waals surface area contributed by atoms with Gasteiger partial charge < -0.3 is 10.1 Å². The van der Waals surface area contributed by atoms with E-state index in [2.05, 4.69) is 5.32 Å². The number of sulfonamides is 1. The highest BCUT2D eigenvalue weighted by Gasteiger charge is 2.27. The molecular weight excluding hydrogens is 371 g/mol. The fourth-order valence-electron chi connectivity index (χ4n) is 2.84. The number of anilines is 1. The minimum Gasteiger partial charge on any atom is -0.379 e. The van der Waals surface area contributed by atoms with Gasteiger partial charge in [0, 0.05) is 18.8 Å². The van der Waals surface area contributed by atoms with Crippen molar-refractivity contribution in [1.82, 2.24) is 4.31 Å². The van der Waals surface area contributed by atoms with Crippen molar-refractivity contribution < 1.29 is 22.3 Å². The van der Waals surface area contributed by atoms with Gasteiger partial charge in [0.1, 0.15) is 5.82 Å². The van der Waals surface area contributed by atoms with Crippen molar-refractivity contribution in [3.05, 3.63) is 59.4 Å². The lowest BCUT2D eigenvalue weighted by atomic mass is 10.1. The number of carbonyl (C=O) groups is 1. The summed E-state index contributed by atoms with van der Waals surface area (Å²) in [5.74, 6) is -1.47. The number of ether oxygens (including phenoxy) is 1. The first-order valence-electron chi connectivity index (χ1n) is 8.69. The van der Waals surface area contributed by atoms with Crippen molar-refractivity contribution in [3.8, 4) is 0 Å². The van der Waals surface area contributed by atoms with Crippen LogP contribution in [-0.2, 0) is 21.2 Å². The number of benzene rings is 2. The minimum atomic E-state index is -3.81. The molecule has 0 spiro atoms. The van der Waals surface area contributed by atoms with Crippen LogP contribution in [0.4, 0.5) is 10.1 Å². The smallest absolute Gasteiger partial charge is 0.258 e. The van der Waals surface area contributed by atoms with Gasteiger partial charge in [-0.3, -0.25) is 4.79 Å². The monoisotopic (exact) mass is 392 g/mol. The van der Waals surface area contributed by atoms with Gasteiger partial charge in [0.15, 0.2) is 0 Å². The number of hydrogen-bond acceptors (Lipinski definition) is 4. The molecule has 27 heavy (non-hydrogen) atoms. The van der Waals surface area contributed by atoms with Crippen molar-refractivity contribution in [2.75, 3.05) is 31.6 Å². The molecule has 1 aliphatic heterocycles. The van der Waals surface area contributed by atoms with Gasteiger partial charge in [0.05, 0.1) is 23.7 Å². The summed E-state index contributed by atoms with van der Waals surface area (Å²) in [4.78, 5) is 12.4. The largest absolute Gasteiger partial charge is 0.379 e. The van der Waals surface area contributed by atoms with E-state index in [1.54, 1.807) is 18.2 Å². The summed E-state index contributed by atoms with van der Waals surface area (Å²) in [7, 11) is -3.81. The fraction of sp³-hybridized carbons (Fsp3) is 0.316. The van der Waals surface area contributed by atoms with Gasteiger partial charge in [-0.15, -0.1) is 0 Å². The summed E-state index contributed by atoms with van der Waals surface area (Å²) >= 11 is 0. The van der Waals surface area contributed by atoms with Gasteiger partial charge in [-0.2, -0.15) is 4.31 Å². The second-order valence-electron chi connectivity index (χ2n) is 6.17. The summed E-state index contributed by atoms with van der Waals surface area (Å²) in [5.41, 5.74) is 1.24. The quantitative estimate of drug-likeness (QED) is 0.849. The molecule has 0 bridgehead atoms. The number of halogens is 1. The third kappa shape index (κ3) is 4.35. The van der Waals surface area contributed by atoms with Gasteiger partial charge in [-0.1, -0.05) is 19.1 Å². The molecule has 6 nitrogen and oxygen atoms in total. The predicted octanol–water partition coefficient (Wildman–Crippen LogP) is 2.66. The normalized spacial score (nSPS) is 15.5. The molecule has 2 aromatic carbocycles. The van der Waals surface area contributed by atoms with Gasteiger partial charge >= 0.3 is 0 Å². The van der Waals surface area contributed by atoms with E-state index < -0.39 is 21.7 Å². The zero-order chi connectivity index (χ0) is 19.4. The average molecular weight is 392 g/mol. The average Bonchev–Trinajstić information content (AvgIpc) is 2.69. The zero-order valence-corrected chi connectivity index (χ0v) is 15.8. The molecule has 144 valence electrons. The van der Waals surface area contributed by atoms with E-state index in [9.17, 15) is 17.6 Å². The van der Waals surface area contributed by atoms with Crippen LogP contribution in [0.15, 0.2) is 47.4 Å². The van der Waals surface area contributed by atoms with Crippen LogP contribution in [-0.4, -0.2) is 44.9 Å². The number of carbonyl (C=O) groups excluding carboxylic acids is 1. The number of nitrogens with one attached hydrogen (secondary N) is 1. The Bertz CT molecular complexity index is 940. The second kappa shape index (κ2) is 8.16. The number of rotatable bonds is 5. The van der Waals surface area contributed by atoms with Crippen LogP contribution in [0.5, 0.6) is 0 Å². The van der Waals surface area contributed by atoms with Crippen molar-refractivity contribution in [2.45, 2.75) is 18.2 Å². The third-order valence-corrected chi connectivity index (χ3v) is 6.28. The van der Waals surface area contributed by atoms with Crippen LogP contribution >= 0.6 is 0 Å². The van der Waals surface area contributed by atoms with Crippen molar-refractivity contribution >= 4 is 21.6 Å². The number of hydrogen-bond donors (Lipinski definition) is 1. The van der Waals surface area contributed by atoms with Crippen LogP contribution in [0.2, 0.25) is 0 Å². The van der Waals surface area contributed by atoms with Crippen LogP contribution < -0.4 is 5.32 Å². The molecule has 0 radical (unpaired) electrons. The first-order valence-corrected chi connectivity index (χ1v) is 10.1. The first-order chi connectivity index (χ1) is 12.9. The molecule has 0 unspecified atom stereocenters. The second-order valence-corrected chi connectivity index (χ2v) is 8.10. The summed E-state index contributed by atoms with van der Waals surface area (Å²) in [6.45, 7) is 3.06. The van der Waals surface area contributed by atoms with Crippen molar-refractivity contribution in [2.24, 2.45) is 0 Å². The number of aryl methyl sites for hydroxylation is 1. The fourth-order valence-corrected chi connectivity index (χ4v) is 4.28. The van der Waals surface area contributed by atoms with E-state index >= 15 is 0 Å². The Labute approximate surface area is 158 Å². The minimum absolute atomic E-state index is 0.113. The lowest BCUT2D eigenvalue weighted by molar-refractivity contribution is 0.0730. The summed E-state index contributed by atoms with van der Waals surface area (Å²) in [6.07, 6.45) is 0.797. The standard InChI is InChI=1S/C19H21FN2O4S/c1-2-14-4-3-5-15(12-14)21-19(23)17-13-16(6-7-18(17)20)27(24,25)22-8-10-26-11-9-22/h3-7,12-13H,2,8-11H2,1H3,(H,21,23). The molecular formula is C19H21FN2O4S. The molecule has 2 aromatic rings. The van der Waals surface area contributed by atoms with E-state index in [0.717, 1.165) is 24.1 Å². The Morgan fingerprint density at radius 3 is 2.63 bits per heavy atom. The predicted molar refractivity (Wildman–Crippen MR) is 99.8 cm³/mol. The maximum atomic E-state index is 14.2. The number of morpholine rings is 1. The summed E-state index contributed by atoms with van der Waals surface area (Å²) < 4.78 is 46.1. The summed E-state index contributed by atoms with van der Waals surface area (Å²) in [6, 6.07) is 10.5. The molecule has 1 fully saturated rings. The molecule has 1 heterocycles. The van der Waals surface area contributed by atoms with Crippen LogP contribution in [0.25, 0.3) is 0 Å². The van der Waals surface area contributed by atoms with E-state index in [0.29, 0.717) is 18.9 Å². The molecule has 1 saturated heterocycles. The maximum absolute atomic E-state index is 14.2. The Balaban J connectivity index is 1.87. The van der Waals surface area contributed by atoms with E-state index in [1.165, 1.54) is 10.4 Å². The molecule has 0 aliphatic carbocycles. The summed E-state index contributed by atoms with van der Waals surface area (Å²) in [5, 5.41) is 2.62. The molecule has 0 saturated carbocycles. The van der Waals surface area contributed by atoms with Gasteiger partial charge in [0.25, 0.3) is 5.91 Å². The van der Waals surface area contributed by atoms with Gasteiger partial charge in [-0.25, -0.2) is 12.8 Å². The Kier molecular flexibility index (Phi) is 5.88. The Hall–Kier alpha value is -2.29. The molecule has 1 N–H and O–H groups in total. The highest BCUT2D eigenvalue weighted by atomic mass is 32.2. The van der Waals surface area contributed by atoms with Crippen LogP contribution in [0.1, 0.15) is 22.8 Å². The molecule has 8 heteroatoms. The van der Waals surface area contributed by atoms with E-state index in [4.69, 9.17) is 4.74 Å². The van der Waals surface area contributed by atoms with Crippen molar-refractivity contribution in [3.63, 3.8) is 0 Å². The molecule has 0 atom stereocenters. The lowest BCUT2D eigenvalue weighted by Gasteiger charge is -2.26. The maximum Gasteiger partial charge on any atom is 0.258 e. The zero-order valence-electron chi connectivity index (χ0n) is 14.9. The Morgan fingerprint density at radius 2 is 1.93 bits per heavy atom. The van der Waals surface area contributed by atoms with Gasteiger partial charge in [-0.05, 0) is 42.3 Å². The van der Waals surface area contributed by atoms with E-state index in [1.807, 2.05) is 13.0 Å².